The largest absolute Gasteiger partial charge is 0.357 e. The summed E-state index contributed by atoms with van der Waals surface area (Å²) >= 11 is 0. The maximum atomic E-state index is 12.1. The fourth-order valence-corrected chi connectivity index (χ4v) is 2.08. The molecule has 6 nitrogen and oxygen atoms in total. The van der Waals surface area contributed by atoms with Crippen LogP contribution in [0.2, 0.25) is 0 Å². The number of rotatable bonds is 4. The molecule has 0 unspecified atom stereocenters. The Labute approximate surface area is 127 Å². The molecule has 0 radical (unpaired) electrons. The zero-order chi connectivity index (χ0) is 15.4. The van der Waals surface area contributed by atoms with Crippen LogP contribution in [0.4, 0.5) is 11.4 Å². The molecule has 6 heteroatoms. The summed E-state index contributed by atoms with van der Waals surface area (Å²) in [5.74, 6) is -0.328. The van der Waals surface area contributed by atoms with Gasteiger partial charge in [0.1, 0.15) is 0 Å². The first-order valence-electron chi connectivity index (χ1n) is 6.77. The molecular formula is C16H14N4O2. The molecule has 0 atom stereocenters. The molecule has 3 rings (SSSR count). The van der Waals surface area contributed by atoms with Crippen LogP contribution >= 0.6 is 0 Å². The van der Waals surface area contributed by atoms with Gasteiger partial charge in [0.15, 0.2) is 0 Å². The Morgan fingerprint density at radius 3 is 2.77 bits per heavy atom. The highest BCUT2D eigenvalue weighted by Gasteiger charge is 2.11. The predicted octanol–water partition coefficient (Wildman–Crippen LogP) is 1.76. The number of hydrogen-bond donors (Lipinski definition) is 3. The van der Waals surface area contributed by atoms with Crippen LogP contribution in [0.15, 0.2) is 60.6 Å². The van der Waals surface area contributed by atoms with Crippen molar-refractivity contribution in [2.45, 2.75) is 0 Å². The minimum Gasteiger partial charge on any atom is -0.357 e. The monoisotopic (exact) mass is 294 g/mol. The van der Waals surface area contributed by atoms with Gasteiger partial charge in [-0.2, -0.15) is 0 Å². The maximum Gasteiger partial charge on any atom is 0.257 e. The van der Waals surface area contributed by atoms with Gasteiger partial charge in [-0.25, -0.2) is 0 Å². The summed E-state index contributed by atoms with van der Waals surface area (Å²) in [5, 5.41) is 8.64. The number of amides is 2. The Balaban J connectivity index is 1.70. The van der Waals surface area contributed by atoms with E-state index in [0.717, 1.165) is 11.4 Å². The number of nitrogens with zero attached hydrogens (tertiary/aromatic N) is 1. The summed E-state index contributed by atoms with van der Waals surface area (Å²) < 4.78 is 0. The third kappa shape index (κ3) is 3.29. The van der Waals surface area contributed by atoms with Gasteiger partial charge in [0.25, 0.3) is 5.91 Å². The third-order valence-corrected chi connectivity index (χ3v) is 3.11. The fourth-order valence-electron chi connectivity index (χ4n) is 2.08. The topological polar surface area (TPSA) is 83.1 Å². The second kappa shape index (κ2) is 6.09. The number of carbonyl (C=O) groups is 2. The lowest BCUT2D eigenvalue weighted by molar-refractivity contribution is -0.115. The summed E-state index contributed by atoms with van der Waals surface area (Å²) in [6.45, 7) is 0.477. The first kappa shape index (κ1) is 13.8. The second-order valence-electron chi connectivity index (χ2n) is 4.79. The Morgan fingerprint density at radius 2 is 2.05 bits per heavy atom. The van der Waals surface area contributed by atoms with E-state index < -0.39 is 0 Å². The highest BCUT2D eigenvalue weighted by atomic mass is 16.2. The average Bonchev–Trinajstić information content (AvgIpc) is 2.93. The van der Waals surface area contributed by atoms with Crippen LogP contribution in [0.25, 0.3) is 0 Å². The molecule has 0 saturated heterocycles. The summed E-state index contributed by atoms with van der Waals surface area (Å²) in [5.41, 5.74) is 2.75. The molecule has 2 aromatic rings. The summed E-state index contributed by atoms with van der Waals surface area (Å²) in [7, 11) is 0. The third-order valence-electron chi connectivity index (χ3n) is 3.11. The van der Waals surface area contributed by atoms with E-state index in [1.165, 1.54) is 12.3 Å². The van der Waals surface area contributed by atoms with Gasteiger partial charge in [0.2, 0.25) is 5.91 Å². The molecule has 0 fully saturated rings. The summed E-state index contributed by atoms with van der Waals surface area (Å²) in [6.07, 6.45) is 4.64. The molecule has 0 aliphatic carbocycles. The van der Waals surface area contributed by atoms with E-state index in [1.807, 2.05) is 12.1 Å². The molecule has 2 amide bonds. The molecule has 22 heavy (non-hydrogen) atoms. The SMILES string of the molecule is O=C1C=C(Nc2cccc(NC(=O)c3cccnc3)c2)CN1. The molecule has 110 valence electrons. The van der Waals surface area contributed by atoms with Crippen molar-refractivity contribution >= 4 is 23.2 Å². The van der Waals surface area contributed by atoms with Crippen molar-refractivity contribution in [1.29, 1.82) is 0 Å². The summed E-state index contributed by atoms with van der Waals surface area (Å²) in [6, 6.07) is 10.7. The number of nitrogens with one attached hydrogen (secondary N) is 3. The van der Waals surface area contributed by atoms with Gasteiger partial charge in [0.05, 0.1) is 12.1 Å². The first-order valence-corrected chi connectivity index (χ1v) is 6.77. The number of hydrogen-bond acceptors (Lipinski definition) is 4. The minimum absolute atomic E-state index is 0.108. The van der Waals surface area contributed by atoms with Gasteiger partial charge in [-0.05, 0) is 30.3 Å². The van der Waals surface area contributed by atoms with E-state index in [1.54, 1.807) is 30.5 Å². The van der Waals surface area contributed by atoms with Crippen molar-refractivity contribution in [3.8, 4) is 0 Å². The van der Waals surface area contributed by atoms with E-state index in [0.29, 0.717) is 17.8 Å². The molecular weight excluding hydrogens is 280 g/mol. The van der Waals surface area contributed by atoms with Gasteiger partial charge < -0.3 is 16.0 Å². The van der Waals surface area contributed by atoms with E-state index in [-0.39, 0.29) is 11.8 Å². The molecule has 1 aliphatic rings. The lowest BCUT2D eigenvalue weighted by Crippen LogP contribution is -2.16. The van der Waals surface area contributed by atoms with Gasteiger partial charge in [-0.3, -0.25) is 14.6 Å². The van der Waals surface area contributed by atoms with Crippen molar-refractivity contribution in [1.82, 2.24) is 10.3 Å². The lowest BCUT2D eigenvalue weighted by Gasteiger charge is -2.09. The quantitative estimate of drug-likeness (QED) is 0.802. The fraction of sp³-hybridized carbons (Fsp3) is 0.0625. The second-order valence-corrected chi connectivity index (χ2v) is 4.79. The Bertz CT molecular complexity index is 741. The van der Waals surface area contributed by atoms with E-state index in [2.05, 4.69) is 20.9 Å². The van der Waals surface area contributed by atoms with Crippen LogP contribution in [0.5, 0.6) is 0 Å². The van der Waals surface area contributed by atoms with Crippen LogP contribution in [-0.4, -0.2) is 23.3 Å². The van der Waals surface area contributed by atoms with Gasteiger partial charge in [-0.1, -0.05) is 6.07 Å². The normalized spacial score (nSPS) is 13.3. The van der Waals surface area contributed by atoms with Crippen molar-refractivity contribution in [2.75, 3.05) is 17.2 Å². The Hall–Kier alpha value is -3.15. The number of aromatic nitrogens is 1. The zero-order valence-corrected chi connectivity index (χ0v) is 11.7. The molecule has 1 aliphatic heterocycles. The maximum absolute atomic E-state index is 12.1. The number of benzene rings is 1. The molecule has 0 saturated carbocycles. The van der Waals surface area contributed by atoms with Gasteiger partial charge in [0, 0.05) is 35.5 Å². The summed E-state index contributed by atoms with van der Waals surface area (Å²) in [4.78, 5) is 27.1. The van der Waals surface area contributed by atoms with Crippen LogP contribution in [0.1, 0.15) is 10.4 Å². The first-order chi connectivity index (χ1) is 10.7. The number of anilines is 2. The Kier molecular flexibility index (Phi) is 3.82. The Morgan fingerprint density at radius 1 is 1.18 bits per heavy atom. The molecule has 0 spiro atoms. The van der Waals surface area contributed by atoms with Crippen molar-refractivity contribution in [3.05, 3.63) is 66.1 Å². The van der Waals surface area contributed by atoms with E-state index >= 15 is 0 Å². The zero-order valence-electron chi connectivity index (χ0n) is 11.7. The number of pyridine rings is 1. The van der Waals surface area contributed by atoms with Crippen molar-refractivity contribution in [3.63, 3.8) is 0 Å². The van der Waals surface area contributed by atoms with Gasteiger partial charge in [-0.15, -0.1) is 0 Å². The lowest BCUT2D eigenvalue weighted by atomic mass is 10.2. The van der Waals surface area contributed by atoms with Gasteiger partial charge >= 0.3 is 0 Å². The smallest absolute Gasteiger partial charge is 0.257 e. The highest BCUT2D eigenvalue weighted by Crippen LogP contribution is 2.18. The van der Waals surface area contributed by atoms with Crippen LogP contribution in [0.3, 0.4) is 0 Å². The molecule has 0 bridgehead atoms. The minimum atomic E-state index is -0.220. The molecule has 1 aromatic heterocycles. The molecule has 3 N–H and O–H groups in total. The van der Waals surface area contributed by atoms with E-state index in [4.69, 9.17) is 0 Å². The predicted molar refractivity (Wildman–Crippen MR) is 83.3 cm³/mol. The average molecular weight is 294 g/mol. The highest BCUT2D eigenvalue weighted by molar-refractivity contribution is 6.04. The van der Waals surface area contributed by atoms with Crippen molar-refractivity contribution < 1.29 is 9.59 Å². The standard InChI is InChI=1S/C16H14N4O2/c21-15-8-14(10-18-15)19-12-4-1-5-13(7-12)20-16(22)11-3-2-6-17-9-11/h1-9,19H,10H2,(H,18,21)(H,20,22). The number of carbonyl (C=O) groups excluding carboxylic acids is 2. The van der Waals surface area contributed by atoms with Crippen LogP contribution < -0.4 is 16.0 Å². The molecule has 2 heterocycles. The van der Waals surface area contributed by atoms with Crippen LogP contribution in [-0.2, 0) is 4.79 Å². The van der Waals surface area contributed by atoms with Crippen molar-refractivity contribution in [2.24, 2.45) is 0 Å². The molecule has 1 aromatic carbocycles. The van der Waals surface area contributed by atoms with Crippen LogP contribution in [0, 0.1) is 0 Å². The van der Waals surface area contributed by atoms with E-state index in [9.17, 15) is 9.59 Å².